The summed E-state index contributed by atoms with van der Waals surface area (Å²) in [7, 11) is -3.32. The average Bonchev–Trinajstić information content (AvgIpc) is 2.79. The molecule has 11 heteroatoms. The van der Waals surface area contributed by atoms with Crippen molar-refractivity contribution in [3.05, 3.63) is 5.51 Å². The number of nitrogens with zero attached hydrogens (tertiary/aromatic N) is 3. The van der Waals surface area contributed by atoms with Gasteiger partial charge in [-0.25, -0.2) is 13.2 Å². The van der Waals surface area contributed by atoms with E-state index in [1.54, 1.807) is 0 Å². The number of carbonyl (C=O) groups excluding carboxylic acids is 1. The molecule has 1 fully saturated rings. The molecule has 0 radical (unpaired) electrons. The summed E-state index contributed by atoms with van der Waals surface area (Å²) in [6.07, 6.45) is -0.414. The molecule has 0 bridgehead atoms. The maximum absolute atomic E-state index is 12.0. The number of sulfone groups is 1. The molecule has 0 aromatic carbocycles. The second-order valence-electron chi connectivity index (χ2n) is 4.23. The molecule has 9 nitrogen and oxygen atoms in total. The molecule has 0 spiro atoms. The van der Waals surface area contributed by atoms with E-state index in [2.05, 4.69) is 15.5 Å². The molecule has 1 atom stereocenters. The van der Waals surface area contributed by atoms with E-state index in [1.807, 2.05) is 0 Å². The topological polar surface area (TPSA) is 130 Å². The van der Waals surface area contributed by atoms with Crippen molar-refractivity contribution in [1.82, 2.24) is 15.1 Å². The zero-order chi connectivity index (χ0) is 14.8. The lowest BCUT2D eigenvalue weighted by Crippen LogP contribution is -2.53. The van der Waals surface area contributed by atoms with E-state index in [0.717, 1.165) is 11.3 Å². The normalized spacial score (nSPS) is 21.4. The summed E-state index contributed by atoms with van der Waals surface area (Å²) >= 11 is 1.11. The largest absolute Gasteiger partial charge is 0.481 e. The highest BCUT2D eigenvalue weighted by Gasteiger charge is 2.35. The van der Waals surface area contributed by atoms with E-state index in [4.69, 9.17) is 5.11 Å². The monoisotopic (exact) mass is 320 g/mol. The fourth-order valence-electron chi connectivity index (χ4n) is 1.92. The highest BCUT2D eigenvalue weighted by molar-refractivity contribution is 7.91. The van der Waals surface area contributed by atoms with Crippen LogP contribution in [0.4, 0.5) is 9.93 Å². The Kier molecular flexibility index (Phi) is 4.18. The van der Waals surface area contributed by atoms with Gasteiger partial charge in [-0.05, 0) is 0 Å². The van der Waals surface area contributed by atoms with Gasteiger partial charge in [-0.15, -0.1) is 10.2 Å². The van der Waals surface area contributed by atoms with Crippen LogP contribution in [0.1, 0.15) is 6.42 Å². The van der Waals surface area contributed by atoms with Crippen LogP contribution in [0.15, 0.2) is 5.51 Å². The summed E-state index contributed by atoms with van der Waals surface area (Å²) in [5.41, 5.74) is 1.44. The van der Waals surface area contributed by atoms with Crippen molar-refractivity contribution in [2.24, 2.45) is 0 Å². The molecule has 2 N–H and O–H groups in total. The van der Waals surface area contributed by atoms with Gasteiger partial charge < -0.3 is 10.0 Å². The number of aliphatic carboxylic acids is 1. The van der Waals surface area contributed by atoms with Gasteiger partial charge in [0.2, 0.25) is 5.13 Å². The van der Waals surface area contributed by atoms with E-state index >= 15 is 0 Å². The van der Waals surface area contributed by atoms with Crippen molar-refractivity contribution < 1.29 is 23.1 Å². The quantitative estimate of drug-likeness (QED) is 0.778. The number of anilines is 1. The van der Waals surface area contributed by atoms with Gasteiger partial charge in [0.05, 0.1) is 24.0 Å². The minimum atomic E-state index is -3.32. The van der Waals surface area contributed by atoms with Gasteiger partial charge in [0.25, 0.3) is 0 Å². The number of aromatic nitrogens is 2. The van der Waals surface area contributed by atoms with E-state index in [1.165, 1.54) is 10.4 Å². The fraction of sp³-hybridized carbons (Fsp3) is 0.556. The zero-order valence-corrected chi connectivity index (χ0v) is 11.9. The molecule has 0 saturated carbocycles. The summed E-state index contributed by atoms with van der Waals surface area (Å²) in [4.78, 5) is 24.0. The van der Waals surface area contributed by atoms with E-state index < -0.39 is 34.3 Å². The van der Waals surface area contributed by atoms with Crippen LogP contribution in [0, 0.1) is 0 Å². The van der Waals surface area contributed by atoms with Gasteiger partial charge in [-0.3, -0.25) is 10.1 Å². The predicted octanol–water partition coefficient (Wildman–Crippen LogP) is -0.356. The van der Waals surface area contributed by atoms with Crippen LogP contribution in [0.25, 0.3) is 0 Å². The lowest BCUT2D eigenvalue weighted by Gasteiger charge is -2.34. The molecule has 2 rings (SSSR count). The van der Waals surface area contributed by atoms with Gasteiger partial charge in [0.1, 0.15) is 5.51 Å². The van der Waals surface area contributed by atoms with Crippen molar-refractivity contribution in [3.63, 3.8) is 0 Å². The third kappa shape index (κ3) is 3.63. The van der Waals surface area contributed by atoms with Crippen LogP contribution in [-0.2, 0) is 14.6 Å². The molecule has 1 aliphatic rings. The van der Waals surface area contributed by atoms with Crippen molar-refractivity contribution in [1.29, 1.82) is 0 Å². The molecular weight excluding hydrogens is 308 g/mol. The number of carbonyl (C=O) groups is 2. The van der Waals surface area contributed by atoms with Crippen LogP contribution in [-0.4, -0.2) is 64.7 Å². The fourth-order valence-corrected chi connectivity index (χ4v) is 3.88. The lowest BCUT2D eigenvalue weighted by atomic mass is 10.2. The van der Waals surface area contributed by atoms with Gasteiger partial charge in [0.15, 0.2) is 9.84 Å². The highest BCUT2D eigenvalue weighted by atomic mass is 32.2. The van der Waals surface area contributed by atoms with Crippen LogP contribution < -0.4 is 5.32 Å². The highest BCUT2D eigenvalue weighted by Crippen LogP contribution is 2.17. The van der Waals surface area contributed by atoms with Crippen LogP contribution in [0.3, 0.4) is 0 Å². The first-order chi connectivity index (χ1) is 9.37. The Hall–Kier alpha value is -1.75. The van der Waals surface area contributed by atoms with Gasteiger partial charge in [-0.1, -0.05) is 11.3 Å². The SMILES string of the molecule is O=C(O)CC1CS(=O)(=O)CCN1C(=O)Nc1nncs1. The van der Waals surface area contributed by atoms with Crippen molar-refractivity contribution in [2.45, 2.75) is 12.5 Å². The molecule has 1 saturated heterocycles. The van der Waals surface area contributed by atoms with Crippen molar-refractivity contribution >= 4 is 38.3 Å². The van der Waals surface area contributed by atoms with Gasteiger partial charge in [-0.2, -0.15) is 0 Å². The second kappa shape index (κ2) is 5.71. The summed E-state index contributed by atoms with van der Waals surface area (Å²) in [5, 5.41) is 18.8. The minimum Gasteiger partial charge on any atom is -0.481 e. The van der Waals surface area contributed by atoms with Crippen molar-refractivity contribution in [2.75, 3.05) is 23.4 Å². The van der Waals surface area contributed by atoms with E-state index in [9.17, 15) is 18.0 Å². The maximum atomic E-state index is 12.0. The molecule has 1 aromatic rings. The Morgan fingerprint density at radius 3 is 2.90 bits per heavy atom. The number of hydrogen-bond donors (Lipinski definition) is 2. The molecule has 1 aliphatic heterocycles. The minimum absolute atomic E-state index is 0.0368. The number of carboxylic acid groups (broad SMARTS) is 1. The lowest BCUT2D eigenvalue weighted by molar-refractivity contribution is -0.137. The number of carboxylic acids is 1. The maximum Gasteiger partial charge on any atom is 0.324 e. The van der Waals surface area contributed by atoms with Gasteiger partial charge in [0, 0.05) is 6.54 Å². The molecular formula is C9H12N4O5S2. The number of hydrogen-bond acceptors (Lipinski definition) is 7. The van der Waals surface area contributed by atoms with Crippen LogP contribution in [0.2, 0.25) is 0 Å². The Labute approximate surface area is 118 Å². The molecule has 2 amide bonds. The summed E-state index contributed by atoms with van der Waals surface area (Å²) < 4.78 is 23.1. The Bertz CT molecular complexity index is 600. The Morgan fingerprint density at radius 1 is 1.55 bits per heavy atom. The molecule has 0 aliphatic carbocycles. The van der Waals surface area contributed by atoms with Crippen LogP contribution >= 0.6 is 11.3 Å². The first kappa shape index (κ1) is 14.7. The number of rotatable bonds is 3. The Morgan fingerprint density at radius 2 is 2.30 bits per heavy atom. The van der Waals surface area contributed by atoms with E-state index in [-0.39, 0.29) is 23.2 Å². The molecule has 20 heavy (non-hydrogen) atoms. The van der Waals surface area contributed by atoms with E-state index in [0.29, 0.717) is 0 Å². The number of nitrogens with one attached hydrogen (secondary N) is 1. The molecule has 110 valence electrons. The number of urea groups is 1. The zero-order valence-electron chi connectivity index (χ0n) is 10.2. The van der Waals surface area contributed by atoms with Crippen LogP contribution in [0.5, 0.6) is 0 Å². The predicted molar refractivity (Wildman–Crippen MR) is 70.3 cm³/mol. The summed E-state index contributed by atoms with van der Waals surface area (Å²) in [6, 6.07) is -1.44. The summed E-state index contributed by atoms with van der Waals surface area (Å²) in [6.45, 7) is -0.0368. The molecule has 1 unspecified atom stereocenters. The molecule has 1 aromatic heterocycles. The first-order valence-electron chi connectivity index (χ1n) is 5.63. The average molecular weight is 320 g/mol. The third-order valence-electron chi connectivity index (χ3n) is 2.78. The van der Waals surface area contributed by atoms with Crippen molar-refractivity contribution in [3.8, 4) is 0 Å². The Balaban J connectivity index is 2.11. The smallest absolute Gasteiger partial charge is 0.324 e. The first-order valence-corrected chi connectivity index (χ1v) is 8.33. The standard InChI is InChI=1S/C9H12N4O5S2/c14-7(15)3-6-4-20(17,18)2-1-13(6)9(16)11-8-12-10-5-19-8/h5-6H,1-4H2,(H,14,15)(H,11,12,16). The number of amides is 2. The molecule has 2 heterocycles. The van der Waals surface area contributed by atoms with Gasteiger partial charge >= 0.3 is 12.0 Å². The third-order valence-corrected chi connectivity index (χ3v) is 5.08. The second-order valence-corrected chi connectivity index (χ2v) is 7.30. The summed E-state index contributed by atoms with van der Waals surface area (Å²) in [5.74, 6) is -1.67.